The third-order valence-corrected chi connectivity index (χ3v) is 3.77. The first kappa shape index (κ1) is 12.5. The highest BCUT2D eigenvalue weighted by molar-refractivity contribution is 7.89. The highest BCUT2D eigenvalue weighted by atomic mass is 32.2. The molecule has 0 atom stereocenters. The van der Waals surface area contributed by atoms with Crippen molar-refractivity contribution in [1.82, 2.24) is 14.9 Å². The summed E-state index contributed by atoms with van der Waals surface area (Å²) in [5.74, 6) is -0.882. The molecule has 6 nitrogen and oxygen atoms in total. The molecule has 1 heterocycles. The highest BCUT2D eigenvalue weighted by Crippen LogP contribution is 2.21. The van der Waals surface area contributed by atoms with Gasteiger partial charge in [0, 0.05) is 6.20 Å². The van der Waals surface area contributed by atoms with Gasteiger partial charge in [0.2, 0.25) is 10.0 Å². The van der Waals surface area contributed by atoms with Crippen molar-refractivity contribution in [1.29, 1.82) is 0 Å². The van der Waals surface area contributed by atoms with E-state index in [1.807, 2.05) is 0 Å². The van der Waals surface area contributed by atoms with Crippen LogP contribution in [0.2, 0.25) is 0 Å². The molecule has 0 fully saturated rings. The molecule has 1 aromatic carbocycles. The first-order chi connectivity index (χ1) is 8.50. The van der Waals surface area contributed by atoms with E-state index in [2.05, 4.69) is 14.9 Å². The summed E-state index contributed by atoms with van der Waals surface area (Å²) in [6.07, 6.45) is 1.49. The molecule has 8 heteroatoms. The molecular weight excluding hydrogens is 259 g/mol. The Morgan fingerprint density at radius 1 is 1.39 bits per heavy atom. The van der Waals surface area contributed by atoms with E-state index in [0.29, 0.717) is 5.69 Å². The lowest BCUT2D eigenvalue weighted by Gasteiger charge is -2.09. The zero-order chi connectivity index (χ0) is 13.2. The van der Waals surface area contributed by atoms with Crippen LogP contribution in [0.25, 0.3) is 0 Å². The van der Waals surface area contributed by atoms with Gasteiger partial charge >= 0.3 is 0 Å². The summed E-state index contributed by atoms with van der Waals surface area (Å²) in [6, 6.07) is 5.32. The van der Waals surface area contributed by atoms with Crippen LogP contribution in [0.15, 0.2) is 35.4 Å². The molecule has 4 N–H and O–H groups in total. The van der Waals surface area contributed by atoms with Gasteiger partial charge in [-0.05, 0) is 18.2 Å². The Bertz CT molecular complexity index is 620. The molecule has 0 aliphatic carbocycles. The van der Waals surface area contributed by atoms with E-state index in [9.17, 15) is 12.8 Å². The van der Waals surface area contributed by atoms with Gasteiger partial charge in [0.15, 0.2) is 0 Å². The number of nitrogen functional groups attached to an aromatic ring is 1. The minimum absolute atomic E-state index is 0.0178. The van der Waals surface area contributed by atoms with Crippen LogP contribution in [-0.4, -0.2) is 18.6 Å². The number of rotatable bonds is 4. The molecule has 0 amide bonds. The van der Waals surface area contributed by atoms with Gasteiger partial charge in [0.05, 0.1) is 17.9 Å². The summed E-state index contributed by atoms with van der Waals surface area (Å²) in [5.41, 5.74) is 5.91. The van der Waals surface area contributed by atoms with Gasteiger partial charge in [-0.2, -0.15) is 5.10 Å². The number of nitrogens with one attached hydrogen (secondary N) is 2. The normalized spacial score (nSPS) is 11.6. The van der Waals surface area contributed by atoms with Gasteiger partial charge in [-0.1, -0.05) is 6.07 Å². The Morgan fingerprint density at radius 2 is 2.17 bits per heavy atom. The van der Waals surface area contributed by atoms with Crippen LogP contribution in [0.3, 0.4) is 0 Å². The molecule has 0 bridgehead atoms. The minimum Gasteiger partial charge on any atom is -0.398 e. The zero-order valence-electron chi connectivity index (χ0n) is 9.22. The van der Waals surface area contributed by atoms with Gasteiger partial charge in [0.1, 0.15) is 10.7 Å². The van der Waals surface area contributed by atoms with Crippen LogP contribution >= 0.6 is 0 Å². The summed E-state index contributed by atoms with van der Waals surface area (Å²) in [4.78, 5) is -0.537. The Balaban J connectivity index is 2.26. The van der Waals surface area contributed by atoms with E-state index in [4.69, 9.17) is 5.73 Å². The van der Waals surface area contributed by atoms with Crippen molar-refractivity contribution in [2.75, 3.05) is 5.73 Å². The summed E-state index contributed by atoms with van der Waals surface area (Å²) in [5, 5.41) is 6.26. The molecule has 18 heavy (non-hydrogen) atoms. The Kier molecular flexibility index (Phi) is 3.30. The fourth-order valence-corrected chi connectivity index (χ4v) is 2.63. The lowest BCUT2D eigenvalue weighted by molar-refractivity contribution is 0.557. The number of sulfonamides is 1. The lowest BCUT2D eigenvalue weighted by Crippen LogP contribution is -2.25. The van der Waals surface area contributed by atoms with E-state index >= 15 is 0 Å². The van der Waals surface area contributed by atoms with Crippen LogP contribution in [0.5, 0.6) is 0 Å². The maximum absolute atomic E-state index is 13.5. The predicted molar refractivity (Wildman–Crippen MR) is 63.4 cm³/mol. The number of anilines is 1. The van der Waals surface area contributed by atoms with Crippen LogP contribution in [0, 0.1) is 5.82 Å². The van der Waals surface area contributed by atoms with Crippen molar-refractivity contribution < 1.29 is 12.8 Å². The number of hydrogen-bond donors (Lipinski definition) is 3. The fourth-order valence-electron chi connectivity index (χ4n) is 1.44. The molecule has 0 aliphatic rings. The summed E-state index contributed by atoms with van der Waals surface area (Å²) in [7, 11) is -4.00. The number of halogens is 1. The fraction of sp³-hybridized carbons (Fsp3) is 0.100. The molecule has 0 spiro atoms. The van der Waals surface area contributed by atoms with Gasteiger partial charge in [-0.25, -0.2) is 17.5 Å². The highest BCUT2D eigenvalue weighted by Gasteiger charge is 2.21. The van der Waals surface area contributed by atoms with Gasteiger partial charge in [-0.3, -0.25) is 5.10 Å². The number of hydrogen-bond acceptors (Lipinski definition) is 4. The monoisotopic (exact) mass is 270 g/mol. The summed E-state index contributed by atoms with van der Waals surface area (Å²) in [6.45, 7) is -0.0178. The van der Waals surface area contributed by atoms with Crippen molar-refractivity contribution in [2.45, 2.75) is 11.4 Å². The molecule has 0 radical (unpaired) electrons. The first-order valence-corrected chi connectivity index (χ1v) is 6.51. The van der Waals surface area contributed by atoms with Crippen LogP contribution < -0.4 is 10.5 Å². The Hall–Kier alpha value is -1.93. The second kappa shape index (κ2) is 4.75. The average Bonchev–Trinajstić information content (AvgIpc) is 2.78. The van der Waals surface area contributed by atoms with E-state index in [1.165, 1.54) is 18.3 Å². The van der Waals surface area contributed by atoms with Crippen molar-refractivity contribution in [2.24, 2.45) is 0 Å². The number of aromatic amines is 1. The molecule has 2 aromatic rings. The SMILES string of the molecule is Nc1cccc(F)c1S(=O)(=O)NCc1ccn[nH]1. The minimum atomic E-state index is -4.00. The molecule has 2 rings (SSSR count). The van der Waals surface area contributed by atoms with Crippen molar-refractivity contribution in [3.05, 3.63) is 42.0 Å². The smallest absolute Gasteiger partial charge is 0.245 e. The van der Waals surface area contributed by atoms with Gasteiger partial charge in [0.25, 0.3) is 0 Å². The Morgan fingerprint density at radius 3 is 2.78 bits per heavy atom. The number of nitrogens with zero attached hydrogens (tertiary/aromatic N) is 1. The number of nitrogens with two attached hydrogens (primary N) is 1. The second-order valence-corrected chi connectivity index (χ2v) is 5.27. The standard InChI is InChI=1S/C10H11FN4O2S/c11-8-2-1-3-9(12)10(8)18(16,17)14-6-7-4-5-13-15-7/h1-5,14H,6,12H2,(H,13,15). The largest absolute Gasteiger partial charge is 0.398 e. The van der Waals surface area contributed by atoms with Crippen molar-refractivity contribution >= 4 is 15.7 Å². The zero-order valence-corrected chi connectivity index (χ0v) is 10.0. The molecule has 0 saturated carbocycles. The van der Waals surface area contributed by atoms with Crippen LogP contribution in [0.1, 0.15) is 5.69 Å². The van der Waals surface area contributed by atoms with Crippen LogP contribution in [0.4, 0.5) is 10.1 Å². The number of benzene rings is 1. The maximum Gasteiger partial charge on any atom is 0.245 e. The quantitative estimate of drug-likeness (QED) is 0.708. The second-order valence-electron chi connectivity index (χ2n) is 3.56. The van der Waals surface area contributed by atoms with Gasteiger partial charge < -0.3 is 5.73 Å². The number of aromatic nitrogens is 2. The third kappa shape index (κ3) is 2.49. The summed E-state index contributed by atoms with van der Waals surface area (Å²) >= 11 is 0. The van der Waals surface area contributed by atoms with Gasteiger partial charge in [-0.15, -0.1) is 0 Å². The first-order valence-electron chi connectivity index (χ1n) is 5.02. The molecule has 96 valence electrons. The van der Waals surface area contributed by atoms with Crippen molar-refractivity contribution in [3.8, 4) is 0 Å². The summed E-state index contributed by atoms with van der Waals surface area (Å²) < 4.78 is 39.5. The van der Waals surface area contributed by atoms with E-state index < -0.39 is 20.7 Å². The van der Waals surface area contributed by atoms with E-state index in [-0.39, 0.29) is 12.2 Å². The lowest BCUT2D eigenvalue weighted by atomic mass is 10.3. The van der Waals surface area contributed by atoms with Crippen molar-refractivity contribution in [3.63, 3.8) is 0 Å². The Labute approximate surface area is 103 Å². The van der Waals surface area contributed by atoms with E-state index in [1.54, 1.807) is 6.07 Å². The topological polar surface area (TPSA) is 101 Å². The molecule has 0 unspecified atom stereocenters. The third-order valence-electron chi connectivity index (χ3n) is 2.28. The maximum atomic E-state index is 13.5. The molecule has 0 saturated heterocycles. The molecule has 1 aromatic heterocycles. The predicted octanol–water partition coefficient (Wildman–Crippen LogP) is 0.610. The number of H-pyrrole nitrogens is 1. The average molecular weight is 270 g/mol. The van der Waals surface area contributed by atoms with E-state index in [0.717, 1.165) is 6.07 Å². The molecular formula is C10H11FN4O2S. The van der Waals surface area contributed by atoms with Crippen LogP contribution in [-0.2, 0) is 16.6 Å². The molecule has 0 aliphatic heterocycles.